The molecule has 13 heavy (non-hydrogen) atoms. The third kappa shape index (κ3) is 1.48. The molecule has 0 amide bonds. The molecule has 0 atom stereocenters. The second-order valence-electron chi connectivity index (χ2n) is 2.68. The summed E-state index contributed by atoms with van der Waals surface area (Å²) in [7, 11) is 0. The van der Waals surface area contributed by atoms with E-state index in [4.69, 9.17) is 5.73 Å². The van der Waals surface area contributed by atoms with Gasteiger partial charge in [-0.3, -0.25) is 0 Å². The van der Waals surface area contributed by atoms with E-state index in [-0.39, 0.29) is 0 Å². The number of nitrogens with zero attached hydrogens (tertiary/aromatic N) is 4. The summed E-state index contributed by atoms with van der Waals surface area (Å²) in [6.45, 7) is 1.83. The summed E-state index contributed by atoms with van der Waals surface area (Å²) in [5.41, 5.74) is 6.31. The van der Waals surface area contributed by atoms with Gasteiger partial charge in [0.15, 0.2) is 0 Å². The maximum atomic E-state index is 5.45. The van der Waals surface area contributed by atoms with Crippen LogP contribution in [0.25, 0.3) is 5.69 Å². The molecule has 0 bridgehead atoms. The van der Waals surface area contributed by atoms with E-state index in [1.807, 2.05) is 13.0 Å². The van der Waals surface area contributed by atoms with Crippen LogP contribution < -0.4 is 5.73 Å². The smallest absolute Gasteiger partial charge is 0.147 e. The van der Waals surface area contributed by atoms with Crippen molar-refractivity contribution in [1.82, 2.24) is 19.7 Å². The standard InChI is InChI=1S/C8H9N5/c1-6-11-5-13(12-6)7-2-3-8(9)10-4-7/h2-5H,1H3,(H2,9,10). The number of aryl methyl sites for hydroxylation is 1. The number of rotatable bonds is 1. The predicted molar refractivity (Wildman–Crippen MR) is 48.3 cm³/mol. The average molecular weight is 175 g/mol. The van der Waals surface area contributed by atoms with Gasteiger partial charge in [0.05, 0.1) is 11.9 Å². The molecule has 0 aliphatic carbocycles. The third-order valence-corrected chi connectivity index (χ3v) is 1.64. The van der Waals surface area contributed by atoms with Crippen LogP contribution in [0.5, 0.6) is 0 Å². The zero-order chi connectivity index (χ0) is 9.26. The summed E-state index contributed by atoms with van der Waals surface area (Å²) in [6, 6.07) is 3.57. The monoisotopic (exact) mass is 175 g/mol. The molecular formula is C8H9N5. The number of anilines is 1. The van der Waals surface area contributed by atoms with E-state index >= 15 is 0 Å². The molecule has 5 heteroatoms. The topological polar surface area (TPSA) is 69.6 Å². The van der Waals surface area contributed by atoms with Gasteiger partial charge in [-0.15, -0.1) is 0 Å². The molecule has 0 aliphatic heterocycles. The minimum atomic E-state index is 0.501. The second kappa shape index (κ2) is 2.85. The Hall–Kier alpha value is -1.91. The van der Waals surface area contributed by atoms with Gasteiger partial charge < -0.3 is 5.73 Å². The van der Waals surface area contributed by atoms with E-state index in [1.54, 1.807) is 23.3 Å². The summed E-state index contributed by atoms with van der Waals surface area (Å²) in [5.74, 6) is 1.23. The first kappa shape index (κ1) is 7.72. The van der Waals surface area contributed by atoms with Crippen molar-refractivity contribution in [2.24, 2.45) is 0 Å². The summed E-state index contributed by atoms with van der Waals surface area (Å²) < 4.78 is 1.65. The molecule has 0 aromatic carbocycles. The molecule has 5 nitrogen and oxygen atoms in total. The summed E-state index contributed by atoms with van der Waals surface area (Å²) in [4.78, 5) is 7.96. The Balaban J connectivity index is 2.41. The fraction of sp³-hybridized carbons (Fsp3) is 0.125. The van der Waals surface area contributed by atoms with Crippen LogP contribution in [0.4, 0.5) is 5.82 Å². The number of pyridine rings is 1. The number of aromatic nitrogens is 4. The summed E-state index contributed by atoms with van der Waals surface area (Å²) in [5, 5.41) is 4.14. The Bertz CT molecular complexity index is 403. The van der Waals surface area contributed by atoms with E-state index in [2.05, 4.69) is 15.1 Å². The SMILES string of the molecule is Cc1ncn(-c2ccc(N)nc2)n1. The molecule has 66 valence electrons. The minimum Gasteiger partial charge on any atom is -0.384 e. The Morgan fingerprint density at radius 2 is 2.15 bits per heavy atom. The molecule has 0 spiro atoms. The van der Waals surface area contributed by atoms with E-state index in [0.717, 1.165) is 11.5 Å². The van der Waals surface area contributed by atoms with Crippen LogP contribution in [0.1, 0.15) is 5.82 Å². The highest BCUT2D eigenvalue weighted by Gasteiger charge is 1.98. The van der Waals surface area contributed by atoms with Crippen molar-refractivity contribution in [1.29, 1.82) is 0 Å². The van der Waals surface area contributed by atoms with Gasteiger partial charge >= 0.3 is 0 Å². The summed E-state index contributed by atoms with van der Waals surface area (Å²) in [6.07, 6.45) is 3.30. The number of nitrogen functional groups attached to an aromatic ring is 1. The minimum absolute atomic E-state index is 0.501. The number of nitrogens with two attached hydrogens (primary N) is 1. The van der Waals surface area contributed by atoms with Crippen LogP contribution in [-0.2, 0) is 0 Å². The molecule has 0 radical (unpaired) electrons. The predicted octanol–water partition coefficient (Wildman–Crippen LogP) is 0.553. The molecule has 2 N–H and O–H groups in total. The number of hydrogen-bond acceptors (Lipinski definition) is 4. The molecule has 2 aromatic heterocycles. The highest BCUT2D eigenvalue weighted by molar-refractivity contribution is 5.36. The average Bonchev–Trinajstić information content (AvgIpc) is 2.53. The van der Waals surface area contributed by atoms with E-state index < -0.39 is 0 Å². The molecule has 2 heterocycles. The maximum absolute atomic E-state index is 5.45. The Morgan fingerprint density at radius 3 is 2.69 bits per heavy atom. The van der Waals surface area contributed by atoms with Crippen molar-refractivity contribution in [2.45, 2.75) is 6.92 Å². The summed E-state index contributed by atoms with van der Waals surface area (Å²) >= 11 is 0. The van der Waals surface area contributed by atoms with E-state index in [0.29, 0.717) is 5.82 Å². The first-order chi connectivity index (χ1) is 6.25. The molecule has 0 fully saturated rings. The first-order valence-electron chi connectivity index (χ1n) is 3.86. The Kier molecular flexibility index (Phi) is 1.70. The molecule has 0 saturated heterocycles. The molecule has 0 unspecified atom stereocenters. The fourth-order valence-electron chi connectivity index (χ4n) is 1.00. The van der Waals surface area contributed by atoms with Gasteiger partial charge in [0.25, 0.3) is 0 Å². The van der Waals surface area contributed by atoms with Gasteiger partial charge in [-0.25, -0.2) is 14.6 Å². The van der Waals surface area contributed by atoms with Crippen molar-refractivity contribution in [2.75, 3.05) is 5.73 Å². The van der Waals surface area contributed by atoms with Crippen molar-refractivity contribution in [3.63, 3.8) is 0 Å². The number of hydrogen-bond donors (Lipinski definition) is 1. The lowest BCUT2D eigenvalue weighted by atomic mass is 10.4. The Labute approximate surface area is 75.2 Å². The van der Waals surface area contributed by atoms with Gasteiger partial charge in [0.1, 0.15) is 18.0 Å². The first-order valence-corrected chi connectivity index (χ1v) is 3.86. The zero-order valence-electron chi connectivity index (χ0n) is 7.18. The van der Waals surface area contributed by atoms with E-state index in [1.165, 1.54) is 0 Å². The van der Waals surface area contributed by atoms with Crippen LogP contribution in [0.15, 0.2) is 24.7 Å². The Morgan fingerprint density at radius 1 is 1.31 bits per heavy atom. The molecule has 2 aromatic rings. The lowest BCUT2D eigenvalue weighted by Gasteiger charge is -1.98. The van der Waals surface area contributed by atoms with Crippen LogP contribution >= 0.6 is 0 Å². The van der Waals surface area contributed by atoms with Crippen molar-refractivity contribution < 1.29 is 0 Å². The van der Waals surface area contributed by atoms with Gasteiger partial charge in [-0.1, -0.05) is 0 Å². The normalized spacial score (nSPS) is 10.2. The van der Waals surface area contributed by atoms with Gasteiger partial charge in [0.2, 0.25) is 0 Å². The maximum Gasteiger partial charge on any atom is 0.147 e. The lowest BCUT2D eigenvalue weighted by Crippen LogP contribution is -1.97. The van der Waals surface area contributed by atoms with Crippen LogP contribution in [0.3, 0.4) is 0 Å². The quantitative estimate of drug-likeness (QED) is 0.687. The second-order valence-corrected chi connectivity index (χ2v) is 2.68. The van der Waals surface area contributed by atoms with Crippen LogP contribution in [-0.4, -0.2) is 19.7 Å². The fourth-order valence-corrected chi connectivity index (χ4v) is 1.00. The zero-order valence-corrected chi connectivity index (χ0v) is 7.18. The van der Waals surface area contributed by atoms with Gasteiger partial charge in [-0.05, 0) is 19.1 Å². The molecule has 0 aliphatic rings. The lowest BCUT2D eigenvalue weighted by molar-refractivity contribution is 0.857. The van der Waals surface area contributed by atoms with Crippen molar-refractivity contribution >= 4 is 5.82 Å². The van der Waals surface area contributed by atoms with Crippen molar-refractivity contribution in [3.05, 3.63) is 30.5 Å². The van der Waals surface area contributed by atoms with Gasteiger partial charge in [-0.2, -0.15) is 5.10 Å². The van der Waals surface area contributed by atoms with Crippen LogP contribution in [0, 0.1) is 6.92 Å². The van der Waals surface area contributed by atoms with E-state index in [9.17, 15) is 0 Å². The largest absolute Gasteiger partial charge is 0.384 e. The van der Waals surface area contributed by atoms with Gasteiger partial charge in [0, 0.05) is 0 Å². The highest BCUT2D eigenvalue weighted by Crippen LogP contribution is 2.05. The third-order valence-electron chi connectivity index (χ3n) is 1.64. The van der Waals surface area contributed by atoms with Crippen LogP contribution in [0.2, 0.25) is 0 Å². The highest BCUT2D eigenvalue weighted by atomic mass is 15.3. The molecule has 2 rings (SSSR count). The molecule has 0 saturated carbocycles. The van der Waals surface area contributed by atoms with Crippen molar-refractivity contribution in [3.8, 4) is 5.69 Å². The molecular weight excluding hydrogens is 166 g/mol.